The van der Waals surface area contributed by atoms with Crippen molar-refractivity contribution in [2.24, 2.45) is 0 Å². The van der Waals surface area contributed by atoms with E-state index in [0.29, 0.717) is 6.04 Å². The molecule has 1 N–H and O–H groups in total. The van der Waals surface area contributed by atoms with Crippen LogP contribution in [-0.2, 0) is 0 Å². The van der Waals surface area contributed by atoms with Crippen LogP contribution in [0.2, 0.25) is 0 Å². The first-order chi connectivity index (χ1) is 8.70. The van der Waals surface area contributed by atoms with Gasteiger partial charge < -0.3 is 10.1 Å². The van der Waals surface area contributed by atoms with Gasteiger partial charge in [0.25, 0.3) is 0 Å². The van der Waals surface area contributed by atoms with Crippen LogP contribution in [0.25, 0.3) is 0 Å². The van der Waals surface area contributed by atoms with Crippen LogP contribution in [0.5, 0.6) is 5.75 Å². The normalized spacial score (nSPS) is 16.3. The summed E-state index contributed by atoms with van der Waals surface area (Å²) >= 11 is 8.96. The van der Waals surface area contributed by atoms with E-state index in [-0.39, 0.29) is 0 Å². The fraction of sp³-hybridized carbons (Fsp3) is 0.500. The Morgan fingerprint density at radius 2 is 2.06 bits per heavy atom. The molecule has 1 aliphatic carbocycles. The van der Waals surface area contributed by atoms with Crippen LogP contribution in [0.4, 0.5) is 0 Å². The standard InChI is InChI=1S/C14H18BrNOS/c1-17-13-8-7-10(9-12(13)15)14(18)16-11-5-3-2-4-6-11/h7-9,11H,2-6H2,1H3,(H,16,18). The van der Waals surface area contributed by atoms with E-state index in [2.05, 4.69) is 21.2 Å². The lowest BCUT2D eigenvalue weighted by molar-refractivity contribution is 0.411. The number of hydrogen-bond acceptors (Lipinski definition) is 2. The van der Waals surface area contributed by atoms with E-state index in [1.54, 1.807) is 7.11 Å². The van der Waals surface area contributed by atoms with Gasteiger partial charge in [-0.05, 0) is 47.0 Å². The van der Waals surface area contributed by atoms with Crippen molar-refractivity contribution >= 4 is 33.1 Å². The molecular weight excluding hydrogens is 310 g/mol. The molecule has 0 unspecified atom stereocenters. The molecule has 1 aromatic carbocycles. The van der Waals surface area contributed by atoms with Gasteiger partial charge in [-0.1, -0.05) is 31.5 Å². The average Bonchev–Trinajstić information content (AvgIpc) is 2.39. The zero-order valence-electron chi connectivity index (χ0n) is 10.5. The molecule has 0 atom stereocenters. The molecule has 1 fully saturated rings. The molecule has 1 aromatic rings. The van der Waals surface area contributed by atoms with Crippen LogP contribution < -0.4 is 10.1 Å². The molecule has 4 heteroatoms. The second kappa shape index (κ2) is 6.53. The second-order valence-corrected chi connectivity index (χ2v) is 5.92. The number of rotatable bonds is 3. The van der Waals surface area contributed by atoms with Crippen molar-refractivity contribution in [3.05, 3.63) is 28.2 Å². The summed E-state index contributed by atoms with van der Waals surface area (Å²) in [6.07, 6.45) is 6.45. The molecule has 0 amide bonds. The van der Waals surface area contributed by atoms with Crippen molar-refractivity contribution in [3.8, 4) is 5.75 Å². The van der Waals surface area contributed by atoms with E-state index in [0.717, 1.165) is 20.8 Å². The van der Waals surface area contributed by atoms with Crippen LogP contribution in [0, 0.1) is 0 Å². The lowest BCUT2D eigenvalue weighted by atomic mass is 9.95. The number of halogens is 1. The van der Waals surface area contributed by atoms with Gasteiger partial charge in [-0.25, -0.2) is 0 Å². The smallest absolute Gasteiger partial charge is 0.133 e. The summed E-state index contributed by atoms with van der Waals surface area (Å²) in [5.41, 5.74) is 1.04. The van der Waals surface area contributed by atoms with Gasteiger partial charge in [0.05, 0.1) is 11.6 Å². The van der Waals surface area contributed by atoms with Gasteiger partial charge in [0.1, 0.15) is 10.7 Å². The zero-order valence-corrected chi connectivity index (χ0v) is 12.9. The molecule has 0 heterocycles. The summed E-state index contributed by atoms with van der Waals surface area (Å²) in [6.45, 7) is 0. The molecule has 1 saturated carbocycles. The molecule has 0 saturated heterocycles. The number of ether oxygens (including phenoxy) is 1. The third-order valence-electron chi connectivity index (χ3n) is 3.35. The molecule has 1 aliphatic rings. The van der Waals surface area contributed by atoms with Crippen LogP contribution in [0.15, 0.2) is 22.7 Å². The molecule has 2 rings (SSSR count). The molecule has 0 radical (unpaired) electrons. The molecule has 0 bridgehead atoms. The molecule has 18 heavy (non-hydrogen) atoms. The van der Waals surface area contributed by atoms with Gasteiger partial charge in [-0.15, -0.1) is 0 Å². The summed E-state index contributed by atoms with van der Waals surface area (Å²) in [6, 6.07) is 6.50. The summed E-state index contributed by atoms with van der Waals surface area (Å²) in [4.78, 5) is 0.838. The van der Waals surface area contributed by atoms with E-state index >= 15 is 0 Å². The van der Waals surface area contributed by atoms with E-state index in [1.165, 1.54) is 32.1 Å². The van der Waals surface area contributed by atoms with Crippen molar-refractivity contribution in [1.29, 1.82) is 0 Å². The predicted octanol–water partition coefficient (Wildman–Crippen LogP) is 4.06. The molecule has 2 nitrogen and oxygen atoms in total. The monoisotopic (exact) mass is 327 g/mol. The number of nitrogens with one attached hydrogen (secondary N) is 1. The summed E-state index contributed by atoms with van der Waals surface area (Å²) in [5.74, 6) is 0.833. The highest BCUT2D eigenvalue weighted by molar-refractivity contribution is 9.10. The predicted molar refractivity (Wildman–Crippen MR) is 82.4 cm³/mol. The van der Waals surface area contributed by atoms with Crippen molar-refractivity contribution in [2.75, 3.05) is 7.11 Å². The number of methoxy groups -OCH3 is 1. The Morgan fingerprint density at radius 3 is 2.67 bits per heavy atom. The maximum absolute atomic E-state index is 5.47. The minimum Gasteiger partial charge on any atom is -0.496 e. The Balaban J connectivity index is 2.01. The Kier molecular flexibility index (Phi) is 5.01. The van der Waals surface area contributed by atoms with Gasteiger partial charge in [-0.3, -0.25) is 0 Å². The van der Waals surface area contributed by atoms with Crippen molar-refractivity contribution < 1.29 is 4.74 Å². The Bertz CT molecular complexity index is 430. The van der Waals surface area contributed by atoms with Crippen LogP contribution >= 0.6 is 28.1 Å². The lowest BCUT2D eigenvalue weighted by Crippen LogP contribution is -2.35. The van der Waals surface area contributed by atoms with E-state index in [1.807, 2.05) is 18.2 Å². The summed E-state index contributed by atoms with van der Waals surface area (Å²) in [5, 5.41) is 3.47. The first-order valence-electron chi connectivity index (χ1n) is 6.35. The van der Waals surface area contributed by atoms with Crippen molar-refractivity contribution in [2.45, 2.75) is 38.1 Å². The minimum atomic E-state index is 0.548. The first kappa shape index (κ1) is 13.8. The lowest BCUT2D eigenvalue weighted by Gasteiger charge is -2.24. The maximum atomic E-state index is 5.47. The molecule has 0 aliphatic heterocycles. The quantitative estimate of drug-likeness (QED) is 0.846. The van der Waals surface area contributed by atoms with E-state index in [4.69, 9.17) is 17.0 Å². The fourth-order valence-corrected chi connectivity index (χ4v) is 3.16. The maximum Gasteiger partial charge on any atom is 0.133 e. The van der Waals surface area contributed by atoms with Gasteiger partial charge in [0, 0.05) is 11.6 Å². The van der Waals surface area contributed by atoms with Crippen molar-refractivity contribution in [3.63, 3.8) is 0 Å². The van der Waals surface area contributed by atoms with Gasteiger partial charge in [-0.2, -0.15) is 0 Å². The third-order valence-corrected chi connectivity index (χ3v) is 4.33. The van der Waals surface area contributed by atoms with Crippen LogP contribution in [-0.4, -0.2) is 18.1 Å². The van der Waals surface area contributed by atoms with Gasteiger partial charge >= 0.3 is 0 Å². The number of benzene rings is 1. The second-order valence-electron chi connectivity index (χ2n) is 4.66. The van der Waals surface area contributed by atoms with E-state index < -0.39 is 0 Å². The third kappa shape index (κ3) is 3.45. The highest BCUT2D eigenvalue weighted by atomic mass is 79.9. The zero-order chi connectivity index (χ0) is 13.0. The molecule has 0 spiro atoms. The highest BCUT2D eigenvalue weighted by Gasteiger charge is 2.15. The summed E-state index contributed by atoms with van der Waals surface area (Å²) in [7, 11) is 1.67. The number of thiocarbonyl (C=S) groups is 1. The molecule has 0 aromatic heterocycles. The first-order valence-corrected chi connectivity index (χ1v) is 7.55. The van der Waals surface area contributed by atoms with Crippen LogP contribution in [0.1, 0.15) is 37.7 Å². The minimum absolute atomic E-state index is 0.548. The Hall–Kier alpha value is -0.610. The summed E-state index contributed by atoms with van der Waals surface area (Å²) < 4.78 is 6.16. The fourth-order valence-electron chi connectivity index (χ4n) is 2.32. The Labute approximate surface area is 122 Å². The van der Waals surface area contributed by atoms with Crippen molar-refractivity contribution in [1.82, 2.24) is 5.32 Å². The van der Waals surface area contributed by atoms with E-state index in [9.17, 15) is 0 Å². The molecular formula is C14H18BrNOS. The SMILES string of the molecule is COc1ccc(C(=S)NC2CCCCC2)cc1Br. The highest BCUT2D eigenvalue weighted by Crippen LogP contribution is 2.26. The van der Waals surface area contributed by atoms with Gasteiger partial charge in [0.2, 0.25) is 0 Å². The molecule has 98 valence electrons. The average molecular weight is 328 g/mol. The van der Waals surface area contributed by atoms with Crippen LogP contribution in [0.3, 0.4) is 0 Å². The topological polar surface area (TPSA) is 21.3 Å². The Morgan fingerprint density at radius 1 is 1.33 bits per heavy atom. The van der Waals surface area contributed by atoms with Gasteiger partial charge in [0.15, 0.2) is 0 Å². The number of hydrogen-bond donors (Lipinski definition) is 1. The largest absolute Gasteiger partial charge is 0.496 e.